The predicted molar refractivity (Wildman–Crippen MR) is 90.4 cm³/mol. The zero-order valence-corrected chi connectivity index (χ0v) is 13.1. The van der Waals surface area contributed by atoms with Crippen LogP contribution in [0.1, 0.15) is 5.56 Å². The number of anilines is 2. The molecule has 2 aromatic rings. The van der Waals surface area contributed by atoms with Crippen molar-refractivity contribution in [2.45, 2.75) is 0 Å². The van der Waals surface area contributed by atoms with Crippen molar-refractivity contribution < 1.29 is 9.18 Å². The van der Waals surface area contributed by atoms with Crippen molar-refractivity contribution in [2.75, 3.05) is 36.4 Å². The number of nitrogens with one attached hydrogen (secondary N) is 1. The van der Waals surface area contributed by atoms with E-state index < -0.39 is 0 Å². The molecule has 5 nitrogen and oxygen atoms in total. The second kappa shape index (κ2) is 7.01. The normalized spacial score (nSPS) is 14.2. The predicted octanol–water partition coefficient (Wildman–Crippen LogP) is 3.05. The van der Waals surface area contributed by atoms with Crippen molar-refractivity contribution in [3.05, 3.63) is 59.9 Å². The van der Waals surface area contributed by atoms with Crippen molar-refractivity contribution >= 4 is 17.4 Å². The molecule has 1 heterocycles. The summed E-state index contributed by atoms with van der Waals surface area (Å²) in [7, 11) is 0. The van der Waals surface area contributed by atoms with E-state index in [9.17, 15) is 9.18 Å². The summed E-state index contributed by atoms with van der Waals surface area (Å²) in [6, 6.07) is 15.3. The summed E-state index contributed by atoms with van der Waals surface area (Å²) in [6.07, 6.45) is 0. The van der Waals surface area contributed by atoms with Crippen LogP contribution in [0.4, 0.5) is 20.6 Å². The molecule has 3 rings (SSSR count). The molecule has 2 amide bonds. The van der Waals surface area contributed by atoms with Gasteiger partial charge in [-0.15, -0.1) is 0 Å². The Morgan fingerprint density at radius 2 is 1.71 bits per heavy atom. The minimum atomic E-state index is -0.252. The van der Waals surface area contributed by atoms with E-state index in [4.69, 9.17) is 5.26 Å². The maximum atomic E-state index is 13.8. The monoisotopic (exact) mass is 324 g/mol. The molecule has 1 saturated heterocycles. The molecule has 6 heteroatoms. The summed E-state index contributed by atoms with van der Waals surface area (Å²) < 4.78 is 13.8. The molecule has 24 heavy (non-hydrogen) atoms. The van der Waals surface area contributed by atoms with Crippen LogP contribution in [-0.2, 0) is 0 Å². The van der Waals surface area contributed by atoms with Gasteiger partial charge >= 0.3 is 6.03 Å². The molecule has 0 radical (unpaired) electrons. The third-order valence-corrected chi connectivity index (χ3v) is 4.05. The Morgan fingerprint density at radius 3 is 2.42 bits per heavy atom. The number of carbonyl (C=O) groups excluding carboxylic acids is 1. The highest BCUT2D eigenvalue weighted by Crippen LogP contribution is 2.21. The van der Waals surface area contributed by atoms with Gasteiger partial charge < -0.3 is 15.1 Å². The molecule has 1 N–H and O–H groups in total. The van der Waals surface area contributed by atoms with Crippen molar-refractivity contribution in [2.24, 2.45) is 0 Å². The van der Waals surface area contributed by atoms with E-state index in [2.05, 4.69) is 11.4 Å². The maximum absolute atomic E-state index is 13.8. The first kappa shape index (κ1) is 15.8. The van der Waals surface area contributed by atoms with Crippen LogP contribution in [0.25, 0.3) is 0 Å². The number of nitrogens with zero attached hydrogens (tertiary/aromatic N) is 3. The summed E-state index contributed by atoms with van der Waals surface area (Å²) in [5.41, 5.74) is 1.49. The van der Waals surface area contributed by atoms with Crippen molar-refractivity contribution in [3.63, 3.8) is 0 Å². The average Bonchev–Trinajstić information content (AvgIpc) is 2.63. The minimum absolute atomic E-state index is 0.245. The van der Waals surface area contributed by atoms with Gasteiger partial charge in [-0.1, -0.05) is 24.3 Å². The number of para-hydroxylation sites is 2. The van der Waals surface area contributed by atoms with Gasteiger partial charge in [0.05, 0.1) is 16.9 Å². The highest BCUT2D eigenvalue weighted by Gasteiger charge is 2.23. The third kappa shape index (κ3) is 3.30. The standard InChI is InChI=1S/C18H17FN4O/c19-15-6-2-4-8-17(15)22-9-11-23(12-10-22)18(24)21-16-7-3-1-5-14(16)13-20/h1-8H,9-12H2,(H,21,24). The van der Waals surface area contributed by atoms with Crippen LogP contribution in [0, 0.1) is 17.1 Å². The molecule has 0 atom stereocenters. The van der Waals surface area contributed by atoms with Gasteiger partial charge in [0, 0.05) is 26.2 Å². The molecule has 0 spiro atoms. The van der Waals surface area contributed by atoms with Gasteiger partial charge in [-0.2, -0.15) is 5.26 Å². The zero-order chi connectivity index (χ0) is 16.9. The van der Waals surface area contributed by atoms with Gasteiger partial charge in [-0.05, 0) is 24.3 Å². The number of benzene rings is 2. The molecule has 1 aliphatic heterocycles. The zero-order valence-electron chi connectivity index (χ0n) is 13.1. The van der Waals surface area contributed by atoms with Crippen molar-refractivity contribution in [1.82, 2.24) is 4.90 Å². The van der Waals surface area contributed by atoms with Crippen LogP contribution in [0.2, 0.25) is 0 Å². The van der Waals surface area contributed by atoms with Gasteiger partial charge in [-0.3, -0.25) is 0 Å². The second-order valence-electron chi connectivity index (χ2n) is 5.51. The van der Waals surface area contributed by atoms with E-state index in [1.807, 2.05) is 4.90 Å². The van der Waals surface area contributed by atoms with E-state index in [-0.39, 0.29) is 11.8 Å². The number of hydrogen-bond acceptors (Lipinski definition) is 3. The Morgan fingerprint density at radius 1 is 1.04 bits per heavy atom. The van der Waals surface area contributed by atoms with Gasteiger partial charge in [0.1, 0.15) is 11.9 Å². The van der Waals surface area contributed by atoms with E-state index in [1.54, 1.807) is 47.4 Å². The Bertz CT molecular complexity index is 779. The summed E-state index contributed by atoms with van der Waals surface area (Å²) in [5.74, 6) is -0.252. The molecule has 0 aliphatic carbocycles. The molecular weight excluding hydrogens is 307 g/mol. The molecule has 0 saturated carbocycles. The van der Waals surface area contributed by atoms with Gasteiger partial charge in [0.2, 0.25) is 0 Å². The molecule has 1 fully saturated rings. The number of carbonyl (C=O) groups is 1. The Hall–Kier alpha value is -3.07. The molecule has 1 aliphatic rings. The third-order valence-electron chi connectivity index (χ3n) is 4.05. The lowest BCUT2D eigenvalue weighted by Gasteiger charge is -2.36. The molecule has 122 valence electrons. The Balaban J connectivity index is 1.62. The minimum Gasteiger partial charge on any atom is -0.366 e. The van der Waals surface area contributed by atoms with E-state index in [0.29, 0.717) is 43.1 Å². The molecule has 0 aromatic heterocycles. The largest absolute Gasteiger partial charge is 0.366 e. The van der Waals surface area contributed by atoms with Crippen LogP contribution < -0.4 is 10.2 Å². The van der Waals surface area contributed by atoms with Crippen LogP contribution in [-0.4, -0.2) is 37.1 Å². The lowest BCUT2D eigenvalue weighted by Crippen LogP contribution is -2.50. The number of amides is 2. The molecular formula is C18H17FN4O. The summed E-state index contributed by atoms with van der Waals surface area (Å²) in [5, 5.41) is 11.8. The lowest BCUT2D eigenvalue weighted by atomic mass is 10.2. The first-order valence-electron chi connectivity index (χ1n) is 7.73. The van der Waals surface area contributed by atoms with Crippen LogP contribution >= 0.6 is 0 Å². The highest BCUT2D eigenvalue weighted by atomic mass is 19.1. The fraction of sp³-hybridized carbons (Fsp3) is 0.222. The maximum Gasteiger partial charge on any atom is 0.322 e. The van der Waals surface area contributed by atoms with Gasteiger partial charge in [0.25, 0.3) is 0 Å². The number of rotatable bonds is 2. The number of nitriles is 1. The van der Waals surface area contributed by atoms with E-state index in [0.717, 1.165) is 0 Å². The van der Waals surface area contributed by atoms with Crippen molar-refractivity contribution in [1.29, 1.82) is 5.26 Å². The topological polar surface area (TPSA) is 59.4 Å². The van der Waals surface area contributed by atoms with Crippen LogP contribution in [0.15, 0.2) is 48.5 Å². The van der Waals surface area contributed by atoms with Gasteiger partial charge in [-0.25, -0.2) is 9.18 Å². The fourth-order valence-corrected chi connectivity index (χ4v) is 2.74. The summed E-state index contributed by atoms with van der Waals surface area (Å²) >= 11 is 0. The molecule has 0 bridgehead atoms. The van der Waals surface area contributed by atoms with Crippen LogP contribution in [0.5, 0.6) is 0 Å². The van der Waals surface area contributed by atoms with Gasteiger partial charge in [0.15, 0.2) is 0 Å². The first-order valence-corrected chi connectivity index (χ1v) is 7.73. The van der Waals surface area contributed by atoms with E-state index >= 15 is 0 Å². The average molecular weight is 324 g/mol. The quantitative estimate of drug-likeness (QED) is 0.923. The highest BCUT2D eigenvalue weighted by molar-refractivity contribution is 5.91. The number of hydrogen-bond donors (Lipinski definition) is 1. The molecule has 2 aromatic carbocycles. The number of urea groups is 1. The summed E-state index contributed by atoms with van der Waals surface area (Å²) in [6.45, 7) is 2.12. The van der Waals surface area contributed by atoms with Crippen LogP contribution in [0.3, 0.4) is 0 Å². The first-order chi connectivity index (χ1) is 11.7. The van der Waals surface area contributed by atoms with Crippen molar-refractivity contribution in [3.8, 4) is 6.07 Å². The number of piperazine rings is 1. The van der Waals surface area contributed by atoms with E-state index in [1.165, 1.54) is 6.07 Å². The second-order valence-corrected chi connectivity index (χ2v) is 5.51. The summed E-state index contributed by atoms with van der Waals surface area (Å²) in [4.78, 5) is 16.0. The lowest BCUT2D eigenvalue weighted by molar-refractivity contribution is 0.208. The fourth-order valence-electron chi connectivity index (χ4n) is 2.74. The Kier molecular flexibility index (Phi) is 4.62. The molecule has 0 unspecified atom stereocenters. The Labute approximate surface area is 139 Å². The SMILES string of the molecule is N#Cc1ccccc1NC(=O)N1CCN(c2ccccc2F)CC1. The smallest absolute Gasteiger partial charge is 0.322 e. The number of halogens is 1.